The molecule has 0 amide bonds. The molecule has 0 aliphatic heterocycles. The molecule has 0 heterocycles. The van der Waals surface area contributed by atoms with Crippen molar-refractivity contribution < 1.29 is 9.13 Å². The van der Waals surface area contributed by atoms with Gasteiger partial charge in [-0.2, -0.15) is 0 Å². The van der Waals surface area contributed by atoms with Crippen molar-refractivity contribution in [3.63, 3.8) is 0 Å². The quantitative estimate of drug-likeness (QED) is 0.655. The zero-order valence-electron chi connectivity index (χ0n) is 12.6. The van der Waals surface area contributed by atoms with E-state index in [9.17, 15) is 4.39 Å². The van der Waals surface area contributed by atoms with Gasteiger partial charge < -0.3 is 4.74 Å². The van der Waals surface area contributed by atoms with Gasteiger partial charge in [-0.25, -0.2) is 4.39 Å². The first-order valence-electron chi connectivity index (χ1n) is 6.85. The molecule has 0 bridgehead atoms. The van der Waals surface area contributed by atoms with Crippen molar-refractivity contribution in [1.82, 2.24) is 5.43 Å². The first-order valence-corrected chi connectivity index (χ1v) is 6.85. The lowest BCUT2D eigenvalue weighted by Crippen LogP contribution is -2.41. The maximum atomic E-state index is 13.1. The fraction of sp³-hybridized carbons (Fsp3) is 0.294. The van der Waals surface area contributed by atoms with Crippen molar-refractivity contribution >= 4 is 0 Å². The second-order valence-electron chi connectivity index (χ2n) is 5.60. The van der Waals surface area contributed by atoms with Crippen LogP contribution in [-0.4, -0.2) is 7.11 Å². The smallest absolute Gasteiger partial charge is 0.123 e. The fourth-order valence-corrected chi connectivity index (χ4v) is 2.59. The molecular formula is C17H21FN2O. The third-order valence-corrected chi connectivity index (χ3v) is 3.90. The molecular weight excluding hydrogens is 267 g/mol. The Morgan fingerprint density at radius 2 is 1.81 bits per heavy atom. The van der Waals surface area contributed by atoms with Crippen LogP contribution in [-0.2, 0) is 5.41 Å². The third-order valence-electron chi connectivity index (χ3n) is 3.90. The van der Waals surface area contributed by atoms with Crippen molar-refractivity contribution in [2.24, 2.45) is 5.84 Å². The van der Waals surface area contributed by atoms with E-state index < -0.39 is 0 Å². The molecule has 0 aromatic heterocycles. The van der Waals surface area contributed by atoms with Crippen molar-refractivity contribution in [3.8, 4) is 5.75 Å². The van der Waals surface area contributed by atoms with Crippen LogP contribution >= 0.6 is 0 Å². The average molecular weight is 288 g/mol. The van der Waals surface area contributed by atoms with Gasteiger partial charge in [0.05, 0.1) is 13.2 Å². The number of nitrogens with one attached hydrogen (secondary N) is 1. The van der Waals surface area contributed by atoms with Crippen LogP contribution in [0.25, 0.3) is 0 Å². The van der Waals surface area contributed by atoms with E-state index in [1.54, 1.807) is 19.2 Å². The Hall–Kier alpha value is -1.91. The van der Waals surface area contributed by atoms with Crippen molar-refractivity contribution in [1.29, 1.82) is 0 Å². The molecule has 4 heteroatoms. The van der Waals surface area contributed by atoms with Crippen LogP contribution in [0.5, 0.6) is 5.75 Å². The van der Waals surface area contributed by atoms with Crippen LogP contribution < -0.4 is 16.0 Å². The zero-order chi connectivity index (χ0) is 15.5. The molecule has 3 nitrogen and oxygen atoms in total. The molecule has 0 aliphatic carbocycles. The number of nitrogens with two attached hydrogens (primary N) is 1. The summed E-state index contributed by atoms with van der Waals surface area (Å²) in [6.45, 7) is 4.15. The maximum Gasteiger partial charge on any atom is 0.123 e. The normalized spacial score (nSPS) is 13.0. The molecule has 0 saturated carbocycles. The molecule has 0 saturated heterocycles. The number of ether oxygens (including phenoxy) is 1. The van der Waals surface area contributed by atoms with Gasteiger partial charge in [-0.15, -0.1) is 0 Å². The fourth-order valence-electron chi connectivity index (χ4n) is 2.59. The minimum Gasteiger partial charge on any atom is -0.497 e. The first kappa shape index (κ1) is 15.5. The number of benzene rings is 2. The monoisotopic (exact) mass is 288 g/mol. The second kappa shape index (κ2) is 6.24. The van der Waals surface area contributed by atoms with Crippen molar-refractivity contribution in [3.05, 3.63) is 65.5 Å². The predicted molar refractivity (Wildman–Crippen MR) is 82.5 cm³/mol. The summed E-state index contributed by atoms with van der Waals surface area (Å²) in [4.78, 5) is 0. The molecule has 0 radical (unpaired) electrons. The van der Waals surface area contributed by atoms with Crippen LogP contribution in [0.15, 0.2) is 48.5 Å². The van der Waals surface area contributed by atoms with E-state index in [2.05, 4.69) is 19.3 Å². The van der Waals surface area contributed by atoms with Gasteiger partial charge in [0.2, 0.25) is 0 Å². The Bertz CT molecular complexity index is 596. The number of hydrogen-bond donors (Lipinski definition) is 2. The Kier molecular flexibility index (Phi) is 4.60. The van der Waals surface area contributed by atoms with Crippen LogP contribution in [0.3, 0.4) is 0 Å². The van der Waals surface area contributed by atoms with Gasteiger partial charge in [-0.3, -0.25) is 11.3 Å². The summed E-state index contributed by atoms with van der Waals surface area (Å²) < 4.78 is 18.4. The molecule has 2 aromatic carbocycles. The molecule has 1 unspecified atom stereocenters. The van der Waals surface area contributed by atoms with Gasteiger partial charge in [0.25, 0.3) is 0 Å². The van der Waals surface area contributed by atoms with E-state index in [0.29, 0.717) is 0 Å². The summed E-state index contributed by atoms with van der Waals surface area (Å²) >= 11 is 0. The average Bonchev–Trinajstić information content (AvgIpc) is 2.48. The van der Waals surface area contributed by atoms with E-state index in [4.69, 9.17) is 10.6 Å². The maximum absolute atomic E-state index is 13.1. The summed E-state index contributed by atoms with van der Waals surface area (Å²) in [5.74, 6) is 6.32. The van der Waals surface area contributed by atoms with Crippen molar-refractivity contribution in [2.45, 2.75) is 25.3 Å². The summed E-state index contributed by atoms with van der Waals surface area (Å²) in [5.41, 5.74) is 4.59. The highest BCUT2D eigenvalue weighted by atomic mass is 19.1. The van der Waals surface area contributed by atoms with E-state index in [0.717, 1.165) is 16.9 Å². The molecule has 112 valence electrons. The number of hydrogen-bond acceptors (Lipinski definition) is 3. The van der Waals surface area contributed by atoms with Crippen LogP contribution in [0.2, 0.25) is 0 Å². The minimum absolute atomic E-state index is 0.127. The van der Waals surface area contributed by atoms with E-state index in [-0.39, 0.29) is 17.3 Å². The molecule has 2 rings (SSSR count). The number of hydrazine groups is 1. The third kappa shape index (κ3) is 3.23. The summed E-state index contributed by atoms with van der Waals surface area (Å²) in [6, 6.07) is 14.2. The summed E-state index contributed by atoms with van der Waals surface area (Å²) in [7, 11) is 1.63. The van der Waals surface area contributed by atoms with Gasteiger partial charge in [0.1, 0.15) is 11.6 Å². The standard InChI is InChI=1S/C17H21FN2O/c1-17(2,13-7-9-14(18)10-8-13)16(20-19)12-5-4-6-15(11-12)21-3/h4-11,16,20H,19H2,1-3H3. The molecule has 0 aliphatic rings. The largest absolute Gasteiger partial charge is 0.497 e. The Morgan fingerprint density at radius 1 is 1.14 bits per heavy atom. The van der Waals surface area contributed by atoms with Gasteiger partial charge in [0, 0.05) is 5.41 Å². The highest BCUT2D eigenvalue weighted by molar-refractivity contribution is 5.36. The van der Waals surface area contributed by atoms with Crippen LogP contribution in [0.1, 0.15) is 31.0 Å². The number of methoxy groups -OCH3 is 1. The SMILES string of the molecule is COc1cccc(C(NN)C(C)(C)c2ccc(F)cc2)c1. The van der Waals surface area contributed by atoms with Crippen LogP contribution in [0, 0.1) is 5.82 Å². The summed E-state index contributed by atoms with van der Waals surface area (Å²) in [6.07, 6.45) is 0. The second-order valence-corrected chi connectivity index (χ2v) is 5.60. The zero-order valence-corrected chi connectivity index (χ0v) is 12.6. The number of rotatable bonds is 5. The molecule has 1 atom stereocenters. The van der Waals surface area contributed by atoms with E-state index in [1.807, 2.05) is 24.3 Å². The number of halogens is 1. The molecule has 0 spiro atoms. The first-order chi connectivity index (χ1) is 9.98. The lowest BCUT2D eigenvalue weighted by molar-refractivity contribution is 0.350. The van der Waals surface area contributed by atoms with Gasteiger partial charge in [-0.1, -0.05) is 38.1 Å². The minimum atomic E-state index is -0.311. The summed E-state index contributed by atoms with van der Waals surface area (Å²) in [5, 5.41) is 0. The molecule has 3 N–H and O–H groups in total. The Labute approximate surface area is 124 Å². The molecule has 0 fully saturated rings. The lowest BCUT2D eigenvalue weighted by Gasteiger charge is -2.35. The van der Waals surface area contributed by atoms with Crippen molar-refractivity contribution in [2.75, 3.05) is 7.11 Å². The van der Waals surface area contributed by atoms with E-state index in [1.165, 1.54) is 12.1 Å². The highest BCUT2D eigenvalue weighted by Crippen LogP contribution is 2.37. The molecule has 2 aromatic rings. The topological polar surface area (TPSA) is 47.3 Å². The highest BCUT2D eigenvalue weighted by Gasteiger charge is 2.32. The predicted octanol–water partition coefficient (Wildman–Crippen LogP) is 3.32. The van der Waals surface area contributed by atoms with Gasteiger partial charge >= 0.3 is 0 Å². The molecule has 21 heavy (non-hydrogen) atoms. The van der Waals surface area contributed by atoms with Crippen LogP contribution in [0.4, 0.5) is 4.39 Å². The van der Waals surface area contributed by atoms with Gasteiger partial charge in [0.15, 0.2) is 0 Å². The Morgan fingerprint density at radius 3 is 2.38 bits per heavy atom. The van der Waals surface area contributed by atoms with Gasteiger partial charge in [-0.05, 0) is 35.4 Å². The lowest BCUT2D eigenvalue weighted by atomic mass is 9.75. The van der Waals surface area contributed by atoms with E-state index >= 15 is 0 Å². The Balaban J connectivity index is 2.40.